The zero-order valence-electron chi connectivity index (χ0n) is 10.7. The SMILES string of the molecule is CCOCCCNC(=O)/C(C#N)=C\NCCCO. The fourth-order valence-corrected chi connectivity index (χ4v) is 1.12. The molecule has 0 heterocycles. The van der Waals surface area contributed by atoms with Crippen molar-refractivity contribution in [3.63, 3.8) is 0 Å². The van der Waals surface area contributed by atoms with Gasteiger partial charge in [-0.2, -0.15) is 5.26 Å². The van der Waals surface area contributed by atoms with Crippen molar-refractivity contribution in [1.82, 2.24) is 10.6 Å². The van der Waals surface area contributed by atoms with Crippen molar-refractivity contribution in [2.75, 3.05) is 32.9 Å². The molecule has 0 saturated carbocycles. The number of aliphatic hydroxyl groups is 1. The molecule has 0 saturated heterocycles. The molecular formula is C12H21N3O3. The summed E-state index contributed by atoms with van der Waals surface area (Å²) >= 11 is 0. The van der Waals surface area contributed by atoms with E-state index in [4.69, 9.17) is 15.1 Å². The second kappa shape index (κ2) is 11.9. The van der Waals surface area contributed by atoms with Gasteiger partial charge in [0.1, 0.15) is 11.6 Å². The molecule has 0 bridgehead atoms. The molecule has 0 aromatic carbocycles. The van der Waals surface area contributed by atoms with Gasteiger partial charge in [-0.3, -0.25) is 4.79 Å². The van der Waals surface area contributed by atoms with Gasteiger partial charge in [0.15, 0.2) is 0 Å². The number of nitriles is 1. The minimum Gasteiger partial charge on any atom is -0.396 e. The van der Waals surface area contributed by atoms with Crippen LogP contribution in [0.4, 0.5) is 0 Å². The van der Waals surface area contributed by atoms with Crippen LogP contribution in [0.25, 0.3) is 0 Å². The van der Waals surface area contributed by atoms with E-state index < -0.39 is 5.91 Å². The van der Waals surface area contributed by atoms with Crippen LogP contribution < -0.4 is 10.6 Å². The van der Waals surface area contributed by atoms with Crippen LogP contribution in [0.3, 0.4) is 0 Å². The summed E-state index contributed by atoms with van der Waals surface area (Å²) in [5, 5.41) is 22.8. The third kappa shape index (κ3) is 8.56. The lowest BCUT2D eigenvalue weighted by Gasteiger charge is -2.05. The van der Waals surface area contributed by atoms with E-state index in [-0.39, 0.29) is 12.2 Å². The van der Waals surface area contributed by atoms with Crippen LogP contribution >= 0.6 is 0 Å². The predicted octanol–water partition coefficient (Wildman–Crippen LogP) is -0.0913. The Bertz CT molecular complexity index is 297. The molecule has 0 radical (unpaired) electrons. The number of hydrogen-bond acceptors (Lipinski definition) is 5. The lowest BCUT2D eigenvalue weighted by Crippen LogP contribution is -2.27. The van der Waals surface area contributed by atoms with Crippen molar-refractivity contribution in [3.05, 3.63) is 11.8 Å². The Kier molecular flexibility index (Phi) is 10.8. The number of rotatable bonds is 10. The Morgan fingerprint density at radius 3 is 2.83 bits per heavy atom. The van der Waals surface area contributed by atoms with Gasteiger partial charge in [-0.1, -0.05) is 0 Å². The molecule has 0 aromatic rings. The van der Waals surface area contributed by atoms with E-state index in [1.165, 1.54) is 6.20 Å². The number of aliphatic hydroxyl groups excluding tert-OH is 1. The van der Waals surface area contributed by atoms with Gasteiger partial charge < -0.3 is 20.5 Å². The van der Waals surface area contributed by atoms with Gasteiger partial charge in [-0.05, 0) is 19.8 Å². The minimum atomic E-state index is -0.398. The molecule has 0 unspecified atom stereocenters. The molecule has 6 nitrogen and oxygen atoms in total. The van der Waals surface area contributed by atoms with E-state index in [2.05, 4.69) is 10.6 Å². The maximum absolute atomic E-state index is 11.5. The highest BCUT2D eigenvalue weighted by atomic mass is 16.5. The van der Waals surface area contributed by atoms with Gasteiger partial charge >= 0.3 is 0 Å². The normalized spacial score (nSPS) is 10.8. The topological polar surface area (TPSA) is 94.4 Å². The standard InChI is InChI=1S/C12H21N3O3/c1-2-18-8-4-6-15-12(17)11(9-13)10-14-5-3-7-16/h10,14,16H,2-8H2,1H3,(H,15,17)/b11-10-. The van der Waals surface area contributed by atoms with Crippen molar-refractivity contribution < 1.29 is 14.6 Å². The lowest BCUT2D eigenvalue weighted by molar-refractivity contribution is -0.117. The summed E-state index contributed by atoms with van der Waals surface area (Å²) in [6, 6.07) is 1.82. The second-order valence-corrected chi connectivity index (χ2v) is 3.51. The Labute approximate surface area is 108 Å². The van der Waals surface area contributed by atoms with Crippen LogP contribution in [0.2, 0.25) is 0 Å². The van der Waals surface area contributed by atoms with Crippen LogP contribution in [0.15, 0.2) is 11.8 Å². The number of nitrogens with one attached hydrogen (secondary N) is 2. The van der Waals surface area contributed by atoms with Gasteiger partial charge in [0.25, 0.3) is 5.91 Å². The number of carbonyl (C=O) groups excluding carboxylic acids is 1. The average molecular weight is 255 g/mol. The first kappa shape index (κ1) is 16.4. The molecule has 0 rings (SSSR count). The zero-order valence-corrected chi connectivity index (χ0v) is 10.7. The highest BCUT2D eigenvalue weighted by molar-refractivity contribution is 5.97. The summed E-state index contributed by atoms with van der Waals surface area (Å²) in [6.07, 6.45) is 2.66. The van der Waals surface area contributed by atoms with E-state index in [1.807, 2.05) is 13.0 Å². The molecule has 0 aromatic heterocycles. The Morgan fingerprint density at radius 2 is 2.22 bits per heavy atom. The quantitative estimate of drug-likeness (QED) is 0.288. The molecule has 3 N–H and O–H groups in total. The molecular weight excluding hydrogens is 234 g/mol. The molecule has 1 amide bonds. The number of amides is 1. The van der Waals surface area contributed by atoms with Crippen molar-refractivity contribution in [1.29, 1.82) is 5.26 Å². The maximum Gasteiger partial charge on any atom is 0.263 e. The summed E-state index contributed by atoms with van der Waals surface area (Å²) in [7, 11) is 0. The summed E-state index contributed by atoms with van der Waals surface area (Å²) in [5.41, 5.74) is 0.0318. The number of hydrogen-bond donors (Lipinski definition) is 3. The first-order valence-electron chi connectivity index (χ1n) is 6.06. The van der Waals surface area contributed by atoms with Crippen molar-refractivity contribution in [3.8, 4) is 6.07 Å². The van der Waals surface area contributed by atoms with E-state index in [0.29, 0.717) is 32.7 Å². The number of carbonyl (C=O) groups is 1. The van der Waals surface area contributed by atoms with Gasteiger partial charge in [0.2, 0.25) is 0 Å². The fourth-order valence-electron chi connectivity index (χ4n) is 1.12. The molecule has 0 fully saturated rings. The van der Waals surface area contributed by atoms with E-state index in [9.17, 15) is 4.79 Å². The van der Waals surface area contributed by atoms with Gasteiger partial charge in [0, 0.05) is 39.1 Å². The van der Waals surface area contributed by atoms with Gasteiger partial charge in [0.05, 0.1) is 0 Å². The van der Waals surface area contributed by atoms with Crippen molar-refractivity contribution in [2.45, 2.75) is 19.8 Å². The fraction of sp³-hybridized carbons (Fsp3) is 0.667. The maximum atomic E-state index is 11.5. The van der Waals surface area contributed by atoms with E-state index in [0.717, 1.165) is 6.42 Å². The summed E-state index contributed by atoms with van der Waals surface area (Å²) in [6.45, 7) is 4.25. The van der Waals surface area contributed by atoms with E-state index >= 15 is 0 Å². The van der Waals surface area contributed by atoms with Gasteiger partial charge in [-0.25, -0.2) is 0 Å². The third-order valence-electron chi connectivity index (χ3n) is 2.05. The zero-order chi connectivity index (χ0) is 13.6. The molecule has 0 aliphatic rings. The summed E-state index contributed by atoms with van der Waals surface area (Å²) < 4.78 is 5.13. The smallest absolute Gasteiger partial charge is 0.263 e. The first-order valence-corrected chi connectivity index (χ1v) is 6.06. The van der Waals surface area contributed by atoms with Gasteiger partial charge in [-0.15, -0.1) is 0 Å². The van der Waals surface area contributed by atoms with Crippen molar-refractivity contribution in [2.24, 2.45) is 0 Å². The van der Waals surface area contributed by atoms with Crippen LogP contribution in [0, 0.1) is 11.3 Å². The summed E-state index contributed by atoms with van der Waals surface area (Å²) in [4.78, 5) is 11.5. The Hall–Kier alpha value is -1.58. The summed E-state index contributed by atoms with van der Waals surface area (Å²) in [5.74, 6) is -0.398. The number of ether oxygens (including phenoxy) is 1. The van der Waals surface area contributed by atoms with Crippen molar-refractivity contribution >= 4 is 5.91 Å². The molecule has 0 aliphatic heterocycles. The largest absolute Gasteiger partial charge is 0.396 e. The predicted molar refractivity (Wildman–Crippen MR) is 67.5 cm³/mol. The average Bonchev–Trinajstić information content (AvgIpc) is 2.38. The van der Waals surface area contributed by atoms with Crippen LogP contribution in [-0.4, -0.2) is 43.9 Å². The third-order valence-corrected chi connectivity index (χ3v) is 2.05. The molecule has 0 spiro atoms. The Morgan fingerprint density at radius 1 is 1.44 bits per heavy atom. The lowest BCUT2D eigenvalue weighted by atomic mass is 10.3. The monoisotopic (exact) mass is 255 g/mol. The van der Waals surface area contributed by atoms with E-state index in [1.54, 1.807) is 0 Å². The number of nitrogens with zero attached hydrogens (tertiary/aromatic N) is 1. The molecule has 102 valence electrons. The molecule has 6 heteroatoms. The highest BCUT2D eigenvalue weighted by Crippen LogP contribution is 1.91. The van der Waals surface area contributed by atoms with Crippen LogP contribution in [-0.2, 0) is 9.53 Å². The second-order valence-electron chi connectivity index (χ2n) is 3.51. The molecule has 18 heavy (non-hydrogen) atoms. The highest BCUT2D eigenvalue weighted by Gasteiger charge is 2.07. The minimum absolute atomic E-state index is 0.0318. The Balaban J connectivity index is 3.85. The molecule has 0 atom stereocenters. The molecule has 0 aliphatic carbocycles. The first-order chi connectivity index (χ1) is 8.76. The van der Waals surface area contributed by atoms with Crippen LogP contribution in [0.5, 0.6) is 0 Å². The van der Waals surface area contributed by atoms with Crippen LogP contribution in [0.1, 0.15) is 19.8 Å².